The van der Waals surface area contributed by atoms with Crippen molar-refractivity contribution in [1.82, 2.24) is 0 Å². The number of hydrogen-bond donors (Lipinski definition) is 0. The van der Waals surface area contributed by atoms with Crippen molar-refractivity contribution in [2.24, 2.45) is 0 Å². The molecule has 0 heterocycles. The van der Waals surface area contributed by atoms with Gasteiger partial charge in [0, 0.05) is 16.7 Å². The SMILES string of the molecule is CC(C)(C)c1ccc(OOP(OOc2ccc(C(C)(C)C)cc2C(C)(C)C)OOc2ccc(C(C)(C)C)cc2C(C)(C)C)c(C(C)(C)C)c1. The van der Waals surface area contributed by atoms with Gasteiger partial charge in [0.05, 0.1) is 0 Å². The van der Waals surface area contributed by atoms with Crippen LogP contribution in [0.15, 0.2) is 54.6 Å². The lowest BCUT2D eigenvalue weighted by Gasteiger charge is -2.28. The first-order valence-electron chi connectivity index (χ1n) is 17.4. The molecule has 3 aromatic rings. The van der Waals surface area contributed by atoms with Crippen molar-refractivity contribution < 1.29 is 28.7 Å². The standard InChI is InChI=1S/C42H63O6P/c1-37(2,3)28-19-22-34(31(25-28)40(10,11)12)43-46-49(47-44-35-23-20-29(38(4,5)6)26-32(35)41(13,14)15)48-45-36-24-21-30(39(7,8)9)27-33(36)42(16,17)18/h19-27H,1-18H3. The van der Waals surface area contributed by atoms with Gasteiger partial charge in [-0.05, 0) is 67.4 Å². The number of rotatable bonds is 9. The Labute approximate surface area is 299 Å². The molecule has 0 aromatic heterocycles. The second-order valence-corrected chi connectivity index (χ2v) is 20.2. The monoisotopic (exact) mass is 694 g/mol. The van der Waals surface area contributed by atoms with Gasteiger partial charge in [0.2, 0.25) is 0 Å². The van der Waals surface area contributed by atoms with Crippen molar-refractivity contribution in [2.45, 2.75) is 157 Å². The van der Waals surface area contributed by atoms with Gasteiger partial charge in [-0.3, -0.25) is 0 Å². The van der Waals surface area contributed by atoms with Gasteiger partial charge in [-0.1, -0.05) is 175 Å². The van der Waals surface area contributed by atoms with Crippen LogP contribution in [0.3, 0.4) is 0 Å². The van der Waals surface area contributed by atoms with Crippen molar-refractivity contribution >= 4 is 8.60 Å². The maximum atomic E-state index is 6.01. The summed E-state index contributed by atoms with van der Waals surface area (Å²) in [5.74, 6) is 1.69. The summed E-state index contributed by atoms with van der Waals surface area (Å²) in [5, 5.41) is 0. The molecule has 0 aliphatic heterocycles. The van der Waals surface area contributed by atoms with Gasteiger partial charge in [-0.25, -0.2) is 0 Å². The molecule has 49 heavy (non-hydrogen) atoms. The van der Waals surface area contributed by atoms with E-state index >= 15 is 0 Å². The zero-order valence-electron chi connectivity index (χ0n) is 33.6. The van der Waals surface area contributed by atoms with Crippen molar-refractivity contribution in [1.29, 1.82) is 0 Å². The van der Waals surface area contributed by atoms with Crippen molar-refractivity contribution in [2.75, 3.05) is 0 Å². The van der Waals surface area contributed by atoms with E-state index in [-0.39, 0.29) is 32.5 Å². The van der Waals surface area contributed by atoms with E-state index in [0.29, 0.717) is 17.2 Å². The predicted molar refractivity (Wildman–Crippen MR) is 204 cm³/mol. The van der Waals surface area contributed by atoms with E-state index in [4.69, 9.17) is 28.7 Å². The predicted octanol–water partition coefficient (Wildman–Crippen LogP) is 13.0. The summed E-state index contributed by atoms with van der Waals surface area (Å²) >= 11 is 0. The molecule has 0 saturated heterocycles. The number of hydrogen-bond acceptors (Lipinski definition) is 6. The van der Waals surface area contributed by atoms with Crippen LogP contribution in [0.1, 0.15) is 158 Å². The molecule has 0 spiro atoms. The summed E-state index contributed by atoms with van der Waals surface area (Å²) in [5.41, 5.74) is 5.86. The van der Waals surface area contributed by atoms with Crippen LogP contribution in [-0.4, -0.2) is 0 Å². The van der Waals surface area contributed by atoms with E-state index in [1.165, 1.54) is 16.7 Å². The molecule has 0 radical (unpaired) electrons. The Morgan fingerprint density at radius 1 is 0.327 bits per heavy atom. The molecule has 6 nitrogen and oxygen atoms in total. The third-order valence-corrected chi connectivity index (χ3v) is 9.11. The summed E-state index contributed by atoms with van der Waals surface area (Å²) < 4.78 is 17.7. The summed E-state index contributed by atoms with van der Waals surface area (Å²) in [7, 11) is -2.33. The molecule has 272 valence electrons. The molecule has 0 unspecified atom stereocenters. The van der Waals surface area contributed by atoms with Gasteiger partial charge in [-0.15, -0.1) is 0 Å². The molecular formula is C42H63O6P. The summed E-state index contributed by atoms with van der Waals surface area (Å²) in [4.78, 5) is 18.0. The average molecular weight is 695 g/mol. The molecule has 0 N–H and O–H groups in total. The normalized spacial score (nSPS) is 13.5. The quantitative estimate of drug-likeness (QED) is 0.126. The summed E-state index contributed by atoms with van der Waals surface area (Å²) in [6.07, 6.45) is 0. The molecule has 7 heteroatoms. The Hall–Kier alpha value is -2.63. The highest BCUT2D eigenvalue weighted by molar-refractivity contribution is 7.41. The molecular weight excluding hydrogens is 631 g/mol. The molecule has 3 aromatic carbocycles. The highest BCUT2D eigenvalue weighted by Crippen LogP contribution is 2.46. The Balaban J connectivity index is 2.00. The fraction of sp³-hybridized carbons (Fsp3) is 0.571. The molecule has 0 saturated carbocycles. The molecule has 0 aliphatic carbocycles. The lowest BCUT2D eigenvalue weighted by molar-refractivity contribution is -0.220. The fourth-order valence-corrected chi connectivity index (χ4v) is 5.71. The van der Waals surface area contributed by atoms with Gasteiger partial charge in [0.25, 0.3) is 0 Å². The first-order valence-corrected chi connectivity index (χ1v) is 18.5. The van der Waals surface area contributed by atoms with E-state index in [1.54, 1.807) is 0 Å². The van der Waals surface area contributed by atoms with Crippen LogP contribution in [0.4, 0.5) is 0 Å². The molecule has 0 aliphatic rings. The van der Waals surface area contributed by atoms with Crippen LogP contribution < -0.4 is 14.7 Å². The first-order chi connectivity index (χ1) is 22.1. The van der Waals surface area contributed by atoms with E-state index in [9.17, 15) is 0 Å². The summed E-state index contributed by atoms with van der Waals surface area (Å²) in [6, 6.07) is 18.5. The van der Waals surface area contributed by atoms with E-state index in [0.717, 1.165) is 16.7 Å². The topological polar surface area (TPSA) is 55.4 Å². The molecule has 0 amide bonds. The highest BCUT2D eigenvalue weighted by atomic mass is 31.2. The second kappa shape index (κ2) is 14.5. The third-order valence-electron chi connectivity index (χ3n) is 8.52. The minimum atomic E-state index is -2.33. The Kier molecular flexibility index (Phi) is 12.1. The zero-order valence-corrected chi connectivity index (χ0v) is 34.5. The molecule has 3 rings (SSSR count). The van der Waals surface area contributed by atoms with Gasteiger partial charge in [-0.2, -0.15) is 0 Å². The highest BCUT2D eigenvalue weighted by Gasteiger charge is 2.30. The second-order valence-electron chi connectivity index (χ2n) is 19.3. The minimum absolute atomic E-state index is 0.0273. The van der Waals surface area contributed by atoms with Crippen LogP contribution in [0.25, 0.3) is 0 Å². The largest absolute Gasteiger partial charge is 0.455 e. The Morgan fingerprint density at radius 2 is 0.551 bits per heavy atom. The molecule has 0 bridgehead atoms. The Morgan fingerprint density at radius 3 is 0.735 bits per heavy atom. The van der Waals surface area contributed by atoms with Crippen molar-refractivity contribution in [3.05, 3.63) is 88.0 Å². The Bertz CT molecular complexity index is 1380. The fourth-order valence-electron chi connectivity index (χ4n) is 5.21. The summed E-state index contributed by atoms with van der Waals surface area (Å²) in [6.45, 7) is 39.1. The van der Waals surface area contributed by atoms with E-state index < -0.39 is 8.60 Å². The van der Waals surface area contributed by atoms with E-state index in [1.807, 2.05) is 18.2 Å². The first kappa shape index (κ1) is 40.8. The smallest absolute Gasteiger partial charge is 0.329 e. The molecule has 0 atom stereocenters. The lowest BCUT2D eigenvalue weighted by Crippen LogP contribution is -2.19. The van der Waals surface area contributed by atoms with Gasteiger partial charge in [0.15, 0.2) is 17.2 Å². The van der Waals surface area contributed by atoms with Crippen LogP contribution in [0.5, 0.6) is 17.2 Å². The van der Waals surface area contributed by atoms with Crippen LogP contribution in [-0.2, 0) is 46.5 Å². The lowest BCUT2D eigenvalue weighted by atomic mass is 9.80. The maximum Gasteiger partial charge on any atom is 0.455 e. The van der Waals surface area contributed by atoms with Crippen molar-refractivity contribution in [3.8, 4) is 17.2 Å². The average Bonchev–Trinajstić information content (AvgIpc) is 2.93. The minimum Gasteiger partial charge on any atom is -0.329 e. The number of benzene rings is 3. The van der Waals surface area contributed by atoms with Crippen molar-refractivity contribution in [3.63, 3.8) is 0 Å². The maximum absolute atomic E-state index is 6.01. The third kappa shape index (κ3) is 11.2. The van der Waals surface area contributed by atoms with Gasteiger partial charge in [0.1, 0.15) is 0 Å². The van der Waals surface area contributed by atoms with Crippen LogP contribution in [0, 0.1) is 0 Å². The molecule has 0 fully saturated rings. The van der Waals surface area contributed by atoms with Gasteiger partial charge >= 0.3 is 8.60 Å². The van der Waals surface area contributed by atoms with Crippen LogP contribution >= 0.6 is 8.60 Å². The van der Waals surface area contributed by atoms with Crippen LogP contribution in [0.2, 0.25) is 0 Å². The zero-order chi connectivity index (χ0) is 37.4. The van der Waals surface area contributed by atoms with E-state index in [2.05, 4.69) is 161 Å². The van der Waals surface area contributed by atoms with Gasteiger partial charge < -0.3 is 14.7 Å².